The number of hydrogen-bond acceptors (Lipinski definition) is 4. The van der Waals surface area contributed by atoms with Gasteiger partial charge in [-0.3, -0.25) is 4.79 Å². The first-order valence-electron chi connectivity index (χ1n) is 8.97. The summed E-state index contributed by atoms with van der Waals surface area (Å²) in [5.74, 6) is 1.65. The molecule has 3 rings (SSSR count). The molecule has 1 amide bonds. The number of benzene rings is 1. The van der Waals surface area contributed by atoms with E-state index < -0.39 is 0 Å². The third kappa shape index (κ3) is 3.90. The summed E-state index contributed by atoms with van der Waals surface area (Å²) < 4.78 is 1.68. The molecular formula is C19H27N5O. The van der Waals surface area contributed by atoms with Gasteiger partial charge in [-0.25, -0.2) is 9.67 Å². The molecule has 6 nitrogen and oxygen atoms in total. The molecule has 25 heavy (non-hydrogen) atoms. The number of hydrogen-bond donors (Lipinski definition) is 1. The molecule has 2 N–H and O–H groups in total. The zero-order chi connectivity index (χ0) is 18.0. The van der Waals surface area contributed by atoms with Gasteiger partial charge in [0.05, 0.1) is 6.04 Å². The number of rotatable bonds is 4. The summed E-state index contributed by atoms with van der Waals surface area (Å²) >= 11 is 0. The van der Waals surface area contributed by atoms with E-state index in [1.807, 2.05) is 31.7 Å². The topological polar surface area (TPSA) is 77.0 Å². The maximum Gasteiger partial charge on any atom is 0.244 e. The number of aryl methyl sites for hydroxylation is 2. The van der Waals surface area contributed by atoms with Crippen molar-refractivity contribution in [3.63, 3.8) is 0 Å². The van der Waals surface area contributed by atoms with Crippen LogP contribution in [-0.4, -0.2) is 32.1 Å². The summed E-state index contributed by atoms with van der Waals surface area (Å²) in [6.45, 7) is 7.55. The Labute approximate surface area is 149 Å². The number of nitrogens with zero attached hydrogens (tertiary/aromatic N) is 4. The maximum atomic E-state index is 12.9. The number of nitrogens with two attached hydrogens (primary N) is 1. The molecule has 0 saturated heterocycles. The van der Waals surface area contributed by atoms with Crippen LogP contribution >= 0.6 is 0 Å². The van der Waals surface area contributed by atoms with Gasteiger partial charge in [-0.15, -0.1) is 0 Å². The van der Waals surface area contributed by atoms with Crippen molar-refractivity contribution in [3.05, 3.63) is 47.0 Å². The highest BCUT2D eigenvalue weighted by Crippen LogP contribution is 2.20. The molecule has 0 fully saturated rings. The molecule has 2 aromatic rings. The van der Waals surface area contributed by atoms with Crippen molar-refractivity contribution in [2.45, 2.75) is 52.7 Å². The van der Waals surface area contributed by atoms with Crippen LogP contribution in [0, 0.1) is 12.8 Å². The van der Waals surface area contributed by atoms with Gasteiger partial charge in [0.1, 0.15) is 18.2 Å². The highest BCUT2D eigenvalue weighted by Gasteiger charge is 2.23. The summed E-state index contributed by atoms with van der Waals surface area (Å²) in [5, 5.41) is 4.39. The van der Waals surface area contributed by atoms with E-state index in [4.69, 9.17) is 5.73 Å². The van der Waals surface area contributed by atoms with Gasteiger partial charge in [-0.1, -0.05) is 38.1 Å². The first-order valence-corrected chi connectivity index (χ1v) is 8.97. The standard InChI is InChI=1S/C19H27N5O/c1-13(2)18(20)19-21-14(3)22-24(19)12-17(25)23-10-6-9-15-7-4-5-8-16(15)11-23/h4-5,7-8,13,18H,6,9-12,20H2,1-3H3/t18-/m0/s1. The van der Waals surface area contributed by atoms with Crippen molar-refractivity contribution in [2.75, 3.05) is 6.54 Å². The normalized spacial score (nSPS) is 15.8. The Hall–Kier alpha value is -2.21. The molecule has 0 radical (unpaired) electrons. The molecule has 1 aliphatic rings. The Morgan fingerprint density at radius 2 is 2.00 bits per heavy atom. The average Bonchev–Trinajstić information content (AvgIpc) is 2.81. The van der Waals surface area contributed by atoms with Gasteiger partial charge in [-0.2, -0.15) is 5.10 Å². The Morgan fingerprint density at radius 1 is 1.28 bits per heavy atom. The SMILES string of the molecule is Cc1nc([C@@H](N)C(C)C)n(CC(=O)N2CCCc3ccccc3C2)n1. The third-order valence-corrected chi connectivity index (χ3v) is 4.81. The highest BCUT2D eigenvalue weighted by atomic mass is 16.2. The van der Waals surface area contributed by atoms with Crippen LogP contribution in [0.3, 0.4) is 0 Å². The van der Waals surface area contributed by atoms with E-state index in [-0.39, 0.29) is 24.4 Å². The minimum atomic E-state index is -0.223. The molecule has 1 aromatic carbocycles. The summed E-state index contributed by atoms with van der Waals surface area (Å²) in [4.78, 5) is 19.2. The van der Waals surface area contributed by atoms with Crippen molar-refractivity contribution in [3.8, 4) is 0 Å². The summed E-state index contributed by atoms with van der Waals surface area (Å²) in [5.41, 5.74) is 8.83. The zero-order valence-corrected chi connectivity index (χ0v) is 15.3. The Balaban J connectivity index is 1.77. The van der Waals surface area contributed by atoms with Crippen molar-refractivity contribution in [1.82, 2.24) is 19.7 Å². The lowest BCUT2D eigenvalue weighted by atomic mass is 10.0. The molecule has 1 aliphatic heterocycles. The largest absolute Gasteiger partial charge is 0.337 e. The lowest BCUT2D eigenvalue weighted by molar-refractivity contribution is -0.132. The number of amides is 1. The Morgan fingerprint density at radius 3 is 2.72 bits per heavy atom. The minimum Gasteiger partial charge on any atom is -0.337 e. The van der Waals surface area contributed by atoms with Gasteiger partial charge in [0, 0.05) is 13.1 Å². The predicted molar refractivity (Wildman–Crippen MR) is 96.7 cm³/mol. The minimum absolute atomic E-state index is 0.0683. The molecule has 0 spiro atoms. The quantitative estimate of drug-likeness (QED) is 0.925. The van der Waals surface area contributed by atoms with Crippen LogP contribution in [0.2, 0.25) is 0 Å². The van der Waals surface area contributed by atoms with Crippen LogP contribution in [-0.2, 0) is 24.3 Å². The average molecular weight is 341 g/mol. The highest BCUT2D eigenvalue weighted by molar-refractivity contribution is 5.76. The van der Waals surface area contributed by atoms with Crippen molar-refractivity contribution in [1.29, 1.82) is 0 Å². The first-order chi connectivity index (χ1) is 12.0. The third-order valence-electron chi connectivity index (χ3n) is 4.81. The number of carbonyl (C=O) groups excluding carboxylic acids is 1. The summed E-state index contributed by atoms with van der Waals surface area (Å²) in [6.07, 6.45) is 2.00. The molecule has 134 valence electrons. The van der Waals surface area contributed by atoms with Crippen LogP contribution in [0.15, 0.2) is 24.3 Å². The molecule has 2 heterocycles. The smallest absolute Gasteiger partial charge is 0.244 e. The van der Waals surface area contributed by atoms with Gasteiger partial charge in [0.25, 0.3) is 0 Å². The fourth-order valence-corrected chi connectivity index (χ4v) is 3.27. The fourth-order valence-electron chi connectivity index (χ4n) is 3.27. The second-order valence-electron chi connectivity index (χ2n) is 7.13. The Bertz CT molecular complexity index is 752. The van der Waals surface area contributed by atoms with Gasteiger partial charge in [-0.05, 0) is 36.8 Å². The lowest BCUT2D eigenvalue weighted by Gasteiger charge is -2.22. The van der Waals surface area contributed by atoms with Gasteiger partial charge in [0.2, 0.25) is 5.91 Å². The zero-order valence-electron chi connectivity index (χ0n) is 15.3. The molecule has 1 aromatic heterocycles. The van der Waals surface area contributed by atoms with Gasteiger partial charge >= 0.3 is 0 Å². The number of carbonyl (C=O) groups is 1. The molecule has 0 aliphatic carbocycles. The molecular weight excluding hydrogens is 314 g/mol. The molecule has 0 unspecified atom stereocenters. The first kappa shape index (κ1) is 17.6. The van der Waals surface area contributed by atoms with Crippen LogP contribution in [0.1, 0.15) is 49.1 Å². The fraction of sp³-hybridized carbons (Fsp3) is 0.526. The second kappa shape index (κ2) is 7.35. The van der Waals surface area contributed by atoms with Gasteiger partial charge < -0.3 is 10.6 Å². The van der Waals surface area contributed by atoms with Gasteiger partial charge in [0.15, 0.2) is 0 Å². The van der Waals surface area contributed by atoms with E-state index >= 15 is 0 Å². The van der Waals surface area contributed by atoms with E-state index in [2.05, 4.69) is 28.3 Å². The summed E-state index contributed by atoms with van der Waals surface area (Å²) in [6, 6.07) is 8.14. The van der Waals surface area contributed by atoms with E-state index in [1.165, 1.54) is 11.1 Å². The van der Waals surface area contributed by atoms with Crippen LogP contribution < -0.4 is 5.73 Å². The van der Waals surface area contributed by atoms with E-state index in [9.17, 15) is 4.79 Å². The maximum absolute atomic E-state index is 12.9. The summed E-state index contributed by atoms with van der Waals surface area (Å²) in [7, 11) is 0. The van der Waals surface area contributed by atoms with E-state index in [1.54, 1.807) is 4.68 Å². The monoisotopic (exact) mass is 341 g/mol. The molecule has 0 saturated carbocycles. The Kier molecular flexibility index (Phi) is 5.18. The van der Waals surface area contributed by atoms with Crippen LogP contribution in [0.5, 0.6) is 0 Å². The second-order valence-corrected chi connectivity index (χ2v) is 7.13. The molecule has 1 atom stereocenters. The lowest BCUT2D eigenvalue weighted by Crippen LogP contribution is -2.35. The van der Waals surface area contributed by atoms with Crippen molar-refractivity contribution in [2.24, 2.45) is 11.7 Å². The van der Waals surface area contributed by atoms with Crippen molar-refractivity contribution < 1.29 is 4.79 Å². The number of fused-ring (bicyclic) bond motifs is 1. The predicted octanol–water partition coefficient (Wildman–Crippen LogP) is 2.22. The molecule has 0 bridgehead atoms. The van der Waals surface area contributed by atoms with Crippen molar-refractivity contribution >= 4 is 5.91 Å². The number of aromatic nitrogens is 3. The van der Waals surface area contributed by atoms with Crippen LogP contribution in [0.4, 0.5) is 0 Å². The van der Waals surface area contributed by atoms with E-state index in [0.717, 1.165) is 19.4 Å². The van der Waals surface area contributed by atoms with E-state index in [0.29, 0.717) is 18.2 Å². The molecule has 6 heteroatoms. The van der Waals surface area contributed by atoms with Crippen LogP contribution in [0.25, 0.3) is 0 Å².